The molecule has 2 heteroatoms. The number of hydrogen-bond acceptors (Lipinski definition) is 1. The van der Waals surface area contributed by atoms with Crippen molar-refractivity contribution in [1.29, 1.82) is 0 Å². The van der Waals surface area contributed by atoms with Crippen molar-refractivity contribution in [3.63, 3.8) is 0 Å². The molecule has 10 aromatic carbocycles. The maximum Gasteiger partial charge on any atom is 0.0541 e. The fraction of sp³-hybridized carbons (Fsp3) is 0.0448. The summed E-state index contributed by atoms with van der Waals surface area (Å²) >= 11 is 0. The third-order valence-electron chi connectivity index (χ3n) is 14.1. The molecule has 0 N–H and O–H groups in total. The summed E-state index contributed by atoms with van der Waals surface area (Å²) in [6.07, 6.45) is 11.7. The predicted octanol–water partition coefficient (Wildman–Crippen LogP) is 17.2. The summed E-state index contributed by atoms with van der Waals surface area (Å²) in [6.45, 7) is 4.69. The SMILES string of the molecule is C#Cc1ccc(-c2cc(-c3ccccc3)cc(-c3ccc(N(c4ccc(-c5ccc6c(c5)c5ccccc5n6-c5ccccc5)cc4)c4ccc5c(c4)C(C)(C)c4ccccc4-5)cc3)c2)cc1C#C. The number of aromatic nitrogens is 1. The first-order chi connectivity index (χ1) is 33.9. The van der Waals surface area contributed by atoms with Gasteiger partial charge in [0.15, 0.2) is 0 Å². The van der Waals surface area contributed by atoms with Crippen LogP contribution < -0.4 is 4.90 Å². The smallest absolute Gasteiger partial charge is 0.0541 e. The molecule has 0 bridgehead atoms. The zero-order valence-corrected chi connectivity index (χ0v) is 38.5. The second-order valence-corrected chi connectivity index (χ2v) is 18.5. The highest BCUT2D eigenvalue weighted by molar-refractivity contribution is 6.10. The highest BCUT2D eigenvalue weighted by Crippen LogP contribution is 2.51. The van der Waals surface area contributed by atoms with Crippen molar-refractivity contribution in [2.75, 3.05) is 4.90 Å². The number of para-hydroxylation sites is 2. The molecule has 0 saturated heterocycles. The monoisotopic (exact) mass is 878 g/mol. The van der Waals surface area contributed by atoms with Crippen LogP contribution in [0.25, 0.3) is 83.1 Å². The van der Waals surface area contributed by atoms with Gasteiger partial charge in [-0.25, -0.2) is 0 Å². The van der Waals surface area contributed by atoms with E-state index in [1.807, 2.05) is 12.1 Å². The molecule has 1 aliphatic rings. The number of rotatable bonds is 8. The van der Waals surface area contributed by atoms with Crippen LogP contribution in [0.1, 0.15) is 36.1 Å². The number of nitrogens with zero attached hydrogens (tertiary/aromatic N) is 2. The minimum Gasteiger partial charge on any atom is -0.310 e. The lowest BCUT2D eigenvalue weighted by atomic mass is 9.82. The summed E-state index contributed by atoms with van der Waals surface area (Å²) in [7, 11) is 0. The Labute approximate surface area is 404 Å². The van der Waals surface area contributed by atoms with E-state index in [4.69, 9.17) is 12.8 Å². The second kappa shape index (κ2) is 16.7. The summed E-state index contributed by atoms with van der Waals surface area (Å²) in [6, 6.07) is 83.4. The van der Waals surface area contributed by atoms with Crippen LogP contribution in [-0.2, 0) is 5.41 Å². The Morgan fingerprint density at radius 2 is 0.870 bits per heavy atom. The molecule has 1 aromatic heterocycles. The quantitative estimate of drug-likeness (QED) is 0.138. The molecular weight excluding hydrogens is 833 g/mol. The fourth-order valence-electron chi connectivity index (χ4n) is 10.6. The predicted molar refractivity (Wildman–Crippen MR) is 291 cm³/mol. The zero-order chi connectivity index (χ0) is 46.6. The van der Waals surface area contributed by atoms with Crippen LogP contribution in [0.2, 0.25) is 0 Å². The Balaban J connectivity index is 0.957. The molecule has 0 atom stereocenters. The standard InChI is InChI=1S/C67H46N2/c1-5-45-25-26-50(39-46(45)6-2)54-41-52(47-17-9-7-10-18-47)40-53(42-54)49-29-34-57(35-30-49)68(58-36-37-60-59-21-13-15-23-63(59)67(3,4)64(60)44-58)56-32-27-48(28-33-56)51-31-38-66-62(43-51)61-22-14-16-24-65(61)69(66)55-19-11-8-12-20-55/h1-2,7-44H,3-4H3. The number of hydrogen-bond donors (Lipinski definition) is 0. The van der Waals surface area contributed by atoms with Crippen molar-refractivity contribution >= 4 is 38.9 Å². The molecule has 1 aliphatic carbocycles. The van der Waals surface area contributed by atoms with Gasteiger partial charge in [-0.05, 0) is 164 Å². The van der Waals surface area contributed by atoms with E-state index in [0.29, 0.717) is 5.56 Å². The third-order valence-corrected chi connectivity index (χ3v) is 14.1. The molecule has 11 aromatic rings. The highest BCUT2D eigenvalue weighted by atomic mass is 15.1. The van der Waals surface area contributed by atoms with Gasteiger partial charge < -0.3 is 9.47 Å². The minimum atomic E-state index is -0.146. The normalized spacial score (nSPS) is 12.3. The Morgan fingerprint density at radius 3 is 1.57 bits per heavy atom. The van der Waals surface area contributed by atoms with Crippen LogP contribution in [0.3, 0.4) is 0 Å². The van der Waals surface area contributed by atoms with Crippen LogP contribution in [0, 0.1) is 24.7 Å². The largest absolute Gasteiger partial charge is 0.310 e. The molecular formula is C67H46N2. The lowest BCUT2D eigenvalue weighted by molar-refractivity contribution is 0.660. The average Bonchev–Trinajstić information content (AvgIpc) is 3.86. The van der Waals surface area contributed by atoms with Gasteiger partial charge >= 0.3 is 0 Å². The Morgan fingerprint density at radius 1 is 0.362 bits per heavy atom. The van der Waals surface area contributed by atoms with E-state index < -0.39 is 0 Å². The third kappa shape index (κ3) is 7.10. The van der Waals surface area contributed by atoms with Crippen molar-refractivity contribution in [3.05, 3.63) is 253 Å². The lowest BCUT2D eigenvalue weighted by Gasteiger charge is -2.28. The first-order valence-electron chi connectivity index (χ1n) is 23.5. The molecule has 0 fully saturated rings. The molecule has 0 unspecified atom stereocenters. The number of anilines is 3. The Bertz CT molecular complexity index is 3860. The molecule has 0 saturated carbocycles. The van der Waals surface area contributed by atoms with Crippen molar-refractivity contribution in [1.82, 2.24) is 4.57 Å². The average molecular weight is 879 g/mol. The van der Waals surface area contributed by atoms with Gasteiger partial charge in [0, 0.05) is 50.1 Å². The first-order valence-corrected chi connectivity index (χ1v) is 23.5. The van der Waals surface area contributed by atoms with Crippen molar-refractivity contribution in [2.24, 2.45) is 0 Å². The maximum absolute atomic E-state index is 5.93. The van der Waals surface area contributed by atoms with Gasteiger partial charge in [0.2, 0.25) is 0 Å². The molecule has 69 heavy (non-hydrogen) atoms. The first kappa shape index (κ1) is 41.4. The van der Waals surface area contributed by atoms with E-state index >= 15 is 0 Å². The van der Waals surface area contributed by atoms with E-state index in [9.17, 15) is 0 Å². The van der Waals surface area contributed by atoms with Gasteiger partial charge in [-0.15, -0.1) is 12.8 Å². The Kier molecular flexibility index (Phi) is 9.99. The molecule has 0 aliphatic heterocycles. The molecule has 12 rings (SSSR count). The van der Waals surface area contributed by atoms with Crippen LogP contribution in [0.5, 0.6) is 0 Å². The van der Waals surface area contributed by atoms with Gasteiger partial charge in [0.05, 0.1) is 11.0 Å². The van der Waals surface area contributed by atoms with Crippen LogP contribution in [0.4, 0.5) is 17.1 Å². The second-order valence-electron chi connectivity index (χ2n) is 18.5. The lowest BCUT2D eigenvalue weighted by Crippen LogP contribution is -2.16. The summed E-state index contributed by atoms with van der Waals surface area (Å²) in [5.74, 6) is 5.53. The van der Waals surface area contributed by atoms with E-state index in [2.05, 4.69) is 254 Å². The summed E-state index contributed by atoms with van der Waals surface area (Å²) in [4.78, 5) is 2.39. The minimum absolute atomic E-state index is 0.146. The zero-order valence-electron chi connectivity index (χ0n) is 38.5. The van der Waals surface area contributed by atoms with Gasteiger partial charge in [-0.3, -0.25) is 0 Å². The van der Waals surface area contributed by atoms with E-state index in [1.165, 1.54) is 49.6 Å². The summed E-state index contributed by atoms with van der Waals surface area (Å²) in [5.41, 5.74) is 22.3. The summed E-state index contributed by atoms with van der Waals surface area (Å²) in [5, 5.41) is 2.48. The van der Waals surface area contributed by atoms with Gasteiger partial charge in [0.25, 0.3) is 0 Å². The van der Waals surface area contributed by atoms with Crippen LogP contribution in [-0.4, -0.2) is 4.57 Å². The molecule has 0 radical (unpaired) electrons. The van der Waals surface area contributed by atoms with Gasteiger partial charge in [-0.2, -0.15) is 0 Å². The van der Waals surface area contributed by atoms with E-state index in [1.54, 1.807) is 0 Å². The van der Waals surface area contributed by atoms with Gasteiger partial charge in [0.1, 0.15) is 0 Å². The maximum atomic E-state index is 5.93. The van der Waals surface area contributed by atoms with Crippen molar-refractivity contribution in [2.45, 2.75) is 19.3 Å². The van der Waals surface area contributed by atoms with E-state index in [0.717, 1.165) is 67.3 Å². The van der Waals surface area contributed by atoms with Gasteiger partial charge in [-0.1, -0.05) is 159 Å². The molecule has 1 heterocycles. The fourth-order valence-corrected chi connectivity index (χ4v) is 10.6. The van der Waals surface area contributed by atoms with Crippen molar-refractivity contribution in [3.8, 4) is 86.0 Å². The molecule has 324 valence electrons. The number of fused-ring (bicyclic) bond motifs is 6. The van der Waals surface area contributed by atoms with Crippen LogP contribution >= 0.6 is 0 Å². The highest BCUT2D eigenvalue weighted by Gasteiger charge is 2.35. The Hall–Kier alpha value is -9.08. The molecule has 2 nitrogen and oxygen atoms in total. The molecule has 0 spiro atoms. The topological polar surface area (TPSA) is 8.17 Å². The number of terminal acetylenes is 2. The van der Waals surface area contributed by atoms with E-state index in [-0.39, 0.29) is 5.41 Å². The summed E-state index contributed by atoms with van der Waals surface area (Å²) < 4.78 is 2.37. The molecule has 0 amide bonds. The van der Waals surface area contributed by atoms with Crippen LogP contribution in [0.15, 0.2) is 231 Å². The number of benzene rings is 10. The van der Waals surface area contributed by atoms with Crippen molar-refractivity contribution < 1.29 is 0 Å².